The lowest BCUT2D eigenvalue weighted by atomic mass is 9.72. The van der Waals surface area contributed by atoms with Gasteiger partial charge in [-0.2, -0.15) is 5.26 Å². The van der Waals surface area contributed by atoms with E-state index in [2.05, 4.69) is 31.8 Å². The molecule has 1 aliphatic rings. The zero-order valence-corrected chi connectivity index (χ0v) is 14.9. The smallest absolute Gasteiger partial charge is 0.134 e. The van der Waals surface area contributed by atoms with Gasteiger partial charge in [0.2, 0.25) is 0 Å². The molecule has 0 saturated carbocycles. The Morgan fingerprint density at radius 3 is 2.86 bits per heavy atom. The van der Waals surface area contributed by atoms with Crippen LogP contribution in [0.15, 0.2) is 22.5 Å². The molecule has 0 radical (unpaired) electrons. The van der Waals surface area contributed by atoms with Crippen LogP contribution in [0.4, 0.5) is 5.00 Å². The van der Waals surface area contributed by atoms with Gasteiger partial charge in [-0.1, -0.05) is 26.8 Å². The summed E-state index contributed by atoms with van der Waals surface area (Å²) in [4.78, 5) is 7.10. The van der Waals surface area contributed by atoms with Crippen LogP contribution >= 0.6 is 22.7 Å². The Bertz CT molecular complexity index is 724. The molecule has 0 saturated heterocycles. The molecule has 2 heterocycles. The second-order valence-electron chi connectivity index (χ2n) is 6.88. The van der Waals surface area contributed by atoms with Crippen LogP contribution in [0.1, 0.15) is 48.1 Å². The number of nitriles is 1. The summed E-state index contributed by atoms with van der Waals surface area (Å²) in [6.45, 7) is 6.95. The number of hydrogen-bond acceptors (Lipinski definition) is 4. The molecule has 0 fully saturated rings. The number of aliphatic imine (C=N–C) groups is 1. The van der Waals surface area contributed by atoms with Crippen molar-refractivity contribution >= 4 is 33.9 Å². The van der Waals surface area contributed by atoms with Crippen molar-refractivity contribution in [1.29, 1.82) is 5.26 Å². The third-order valence-electron chi connectivity index (χ3n) is 4.44. The minimum Gasteiger partial charge on any atom is -0.243 e. The van der Waals surface area contributed by atoms with Crippen LogP contribution in [0.5, 0.6) is 0 Å². The van der Waals surface area contributed by atoms with Crippen molar-refractivity contribution in [2.75, 3.05) is 0 Å². The monoisotopic (exact) mass is 328 g/mol. The summed E-state index contributed by atoms with van der Waals surface area (Å²) < 4.78 is 0. The van der Waals surface area contributed by atoms with Crippen LogP contribution in [0, 0.1) is 22.7 Å². The Kier molecular flexibility index (Phi) is 4.20. The van der Waals surface area contributed by atoms with E-state index in [4.69, 9.17) is 0 Å². The summed E-state index contributed by atoms with van der Waals surface area (Å²) in [6.07, 6.45) is 5.16. The Morgan fingerprint density at radius 2 is 2.23 bits per heavy atom. The molecule has 0 aromatic carbocycles. The number of fused-ring (bicyclic) bond motifs is 1. The van der Waals surface area contributed by atoms with E-state index in [0.29, 0.717) is 11.3 Å². The molecule has 4 heteroatoms. The molecule has 1 unspecified atom stereocenters. The highest BCUT2D eigenvalue weighted by molar-refractivity contribution is 7.16. The highest BCUT2D eigenvalue weighted by Crippen LogP contribution is 2.44. The van der Waals surface area contributed by atoms with Gasteiger partial charge in [0.25, 0.3) is 0 Å². The van der Waals surface area contributed by atoms with Crippen molar-refractivity contribution in [3.63, 3.8) is 0 Å². The molecule has 22 heavy (non-hydrogen) atoms. The largest absolute Gasteiger partial charge is 0.243 e. The predicted molar refractivity (Wildman–Crippen MR) is 95.6 cm³/mol. The van der Waals surface area contributed by atoms with E-state index in [9.17, 15) is 5.26 Å². The van der Waals surface area contributed by atoms with E-state index < -0.39 is 0 Å². The van der Waals surface area contributed by atoms with Crippen LogP contribution in [-0.2, 0) is 12.8 Å². The lowest BCUT2D eigenvalue weighted by Crippen LogP contribution is -2.26. The maximum absolute atomic E-state index is 9.53. The Balaban J connectivity index is 1.91. The fourth-order valence-electron chi connectivity index (χ4n) is 3.00. The maximum Gasteiger partial charge on any atom is 0.134 e. The maximum atomic E-state index is 9.53. The molecule has 0 spiro atoms. The van der Waals surface area contributed by atoms with E-state index in [0.717, 1.165) is 28.3 Å². The molecule has 2 aromatic rings. The SMILES string of the molecule is CC(C)(C)C1CCc2c(sc(N=Cc3cccs3)c2C#N)C1. The van der Waals surface area contributed by atoms with Gasteiger partial charge >= 0.3 is 0 Å². The molecule has 2 aromatic heterocycles. The van der Waals surface area contributed by atoms with Crippen molar-refractivity contribution in [3.05, 3.63) is 38.4 Å². The molecule has 114 valence electrons. The molecule has 1 atom stereocenters. The number of nitrogens with zero attached hydrogens (tertiary/aromatic N) is 2. The Hall–Kier alpha value is -1.44. The molecular weight excluding hydrogens is 308 g/mol. The van der Waals surface area contributed by atoms with Gasteiger partial charge in [0, 0.05) is 16.0 Å². The van der Waals surface area contributed by atoms with E-state index in [1.807, 2.05) is 23.7 Å². The number of thiophene rings is 2. The van der Waals surface area contributed by atoms with Gasteiger partial charge < -0.3 is 0 Å². The molecule has 0 amide bonds. The van der Waals surface area contributed by atoms with Crippen molar-refractivity contribution in [2.45, 2.75) is 40.0 Å². The lowest BCUT2D eigenvalue weighted by Gasteiger charge is -2.33. The van der Waals surface area contributed by atoms with E-state index in [1.165, 1.54) is 16.9 Å². The first-order chi connectivity index (χ1) is 10.5. The quantitative estimate of drug-likeness (QED) is 0.663. The summed E-state index contributed by atoms with van der Waals surface area (Å²) in [7, 11) is 0. The van der Waals surface area contributed by atoms with Gasteiger partial charge in [-0.05, 0) is 47.6 Å². The van der Waals surface area contributed by atoms with E-state index in [1.54, 1.807) is 22.7 Å². The Morgan fingerprint density at radius 1 is 1.41 bits per heavy atom. The van der Waals surface area contributed by atoms with Gasteiger partial charge in [0.05, 0.1) is 5.56 Å². The minimum absolute atomic E-state index is 0.328. The first-order valence-electron chi connectivity index (χ1n) is 7.61. The second kappa shape index (κ2) is 5.98. The van der Waals surface area contributed by atoms with Crippen LogP contribution in [-0.4, -0.2) is 6.21 Å². The van der Waals surface area contributed by atoms with Gasteiger partial charge in [-0.15, -0.1) is 22.7 Å². The van der Waals surface area contributed by atoms with Crippen LogP contribution in [0.2, 0.25) is 0 Å². The standard InChI is InChI=1S/C18H20N2S2/c1-18(2,3)12-6-7-14-15(10-19)17(22-16(14)9-12)20-11-13-5-4-8-21-13/h4-5,8,11-12H,6-7,9H2,1-3H3. The first-order valence-corrected chi connectivity index (χ1v) is 9.31. The molecule has 0 N–H and O–H groups in total. The average molecular weight is 329 g/mol. The zero-order chi connectivity index (χ0) is 15.7. The van der Waals surface area contributed by atoms with Crippen LogP contribution in [0.25, 0.3) is 0 Å². The zero-order valence-electron chi connectivity index (χ0n) is 13.2. The molecule has 1 aliphatic carbocycles. The number of hydrogen-bond donors (Lipinski definition) is 0. The van der Waals surface area contributed by atoms with E-state index in [-0.39, 0.29) is 0 Å². The molecule has 0 bridgehead atoms. The van der Waals surface area contributed by atoms with Gasteiger partial charge in [-0.3, -0.25) is 0 Å². The summed E-state index contributed by atoms with van der Waals surface area (Å²) in [5.74, 6) is 0.694. The molecular formula is C18H20N2S2. The third-order valence-corrected chi connectivity index (χ3v) is 6.40. The highest BCUT2D eigenvalue weighted by atomic mass is 32.1. The van der Waals surface area contributed by atoms with E-state index >= 15 is 0 Å². The van der Waals surface area contributed by atoms with Crippen molar-refractivity contribution in [2.24, 2.45) is 16.3 Å². The summed E-state index contributed by atoms with van der Waals surface area (Å²) in [6, 6.07) is 6.45. The molecule has 3 rings (SSSR count). The topological polar surface area (TPSA) is 36.1 Å². The fourth-order valence-corrected chi connectivity index (χ4v) is 4.81. The second-order valence-corrected chi connectivity index (χ2v) is 8.94. The van der Waals surface area contributed by atoms with Gasteiger partial charge in [-0.25, -0.2) is 4.99 Å². The van der Waals surface area contributed by atoms with Gasteiger partial charge in [0.15, 0.2) is 0 Å². The minimum atomic E-state index is 0.328. The molecule has 0 aliphatic heterocycles. The van der Waals surface area contributed by atoms with Crippen molar-refractivity contribution in [3.8, 4) is 6.07 Å². The van der Waals surface area contributed by atoms with Crippen LogP contribution in [0.3, 0.4) is 0 Å². The highest BCUT2D eigenvalue weighted by Gasteiger charge is 2.32. The normalized spacial score (nSPS) is 18.4. The summed E-state index contributed by atoms with van der Waals surface area (Å²) >= 11 is 3.38. The van der Waals surface area contributed by atoms with Crippen molar-refractivity contribution < 1.29 is 0 Å². The van der Waals surface area contributed by atoms with Crippen molar-refractivity contribution in [1.82, 2.24) is 0 Å². The lowest BCUT2D eigenvalue weighted by molar-refractivity contribution is 0.218. The van der Waals surface area contributed by atoms with Crippen LogP contribution < -0.4 is 0 Å². The molecule has 2 nitrogen and oxygen atoms in total. The third kappa shape index (κ3) is 3.02. The predicted octanol–water partition coefficient (Wildman–Crippen LogP) is 5.58. The number of rotatable bonds is 2. The Labute approximate surface area is 140 Å². The summed E-state index contributed by atoms with van der Waals surface area (Å²) in [5.41, 5.74) is 2.39. The fraction of sp³-hybridized carbons (Fsp3) is 0.444. The first kappa shape index (κ1) is 15.5. The van der Waals surface area contributed by atoms with Gasteiger partial charge in [0.1, 0.15) is 11.1 Å². The average Bonchev–Trinajstić information content (AvgIpc) is 3.10. The summed E-state index contributed by atoms with van der Waals surface area (Å²) in [5, 5.41) is 12.5.